The first-order valence-corrected chi connectivity index (χ1v) is 7.70. The molecule has 5 heteroatoms. The SMILES string of the molecule is CCSC(c1c(O)cc(OC)c(OC)c1OC)C(C)C. The Hall–Kier alpha value is -1.23. The number of methoxy groups -OCH3 is 3. The van der Waals surface area contributed by atoms with Crippen molar-refractivity contribution in [3.63, 3.8) is 0 Å². The number of phenolic OH excluding ortho intramolecular Hbond substituents is 1. The van der Waals surface area contributed by atoms with E-state index in [4.69, 9.17) is 14.2 Å². The fourth-order valence-electron chi connectivity index (χ4n) is 2.23. The number of hydrogen-bond donors (Lipinski definition) is 1. The third kappa shape index (κ3) is 3.26. The topological polar surface area (TPSA) is 47.9 Å². The summed E-state index contributed by atoms with van der Waals surface area (Å²) in [5.41, 5.74) is 0.770. The van der Waals surface area contributed by atoms with Gasteiger partial charge in [0, 0.05) is 11.3 Å². The van der Waals surface area contributed by atoms with Gasteiger partial charge in [-0.2, -0.15) is 11.8 Å². The van der Waals surface area contributed by atoms with E-state index in [9.17, 15) is 5.11 Å². The average Bonchev–Trinajstić information content (AvgIpc) is 2.43. The standard InChI is InChI=1S/C15H24O4S/c1-7-20-15(9(2)3)12-10(16)8-11(17-4)13(18-5)14(12)19-6/h8-9,15-16H,7H2,1-6H3. The predicted molar refractivity (Wildman–Crippen MR) is 83.5 cm³/mol. The summed E-state index contributed by atoms with van der Waals surface area (Å²) < 4.78 is 16.1. The molecule has 0 saturated heterocycles. The molecule has 4 nitrogen and oxygen atoms in total. The molecule has 0 aromatic heterocycles. The Morgan fingerprint density at radius 1 is 1.10 bits per heavy atom. The number of aromatic hydroxyl groups is 1. The van der Waals surface area contributed by atoms with Crippen LogP contribution < -0.4 is 14.2 Å². The van der Waals surface area contributed by atoms with Crippen molar-refractivity contribution in [2.75, 3.05) is 27.1 Å². The summed E-state index contributed by atoms with van der Waals surface area (Å²) in [5.74, 6) is 3.03. The molecule has 0 bridgehead atoms. The van der Waals surface area contributed by atoms with E-state index in [-0.39, 0.29) is 11.0 Å². The zero-order valence-electron chi connectivity index (χ0n) is 13.0. The van der Waals surface area contributed by atoms with Gasteiger partial charge in [-0.05, 0) is 11.7 Å². The van der Waals surface area contributed by atoms with Gasteiger partial charge in [0.05, 0.1) is 26.9 Å². The lowest BCUT2D eigenvalue weighted by Gasteiger charge is -2.25. The summed E-state index contributed by atoms with van der Waals surface area (Å²) in [6, 6.07) is 1.59. The van der Waals surface area contributed by atoms with Gasteiger partial charge >= 0.3 is 0 Å². The van der Waals surface area contributed by atoms with Gasteiger partial charge in [0.15, 0.2) is 11.5 Å². The lowest BCUT2D eigenvalue weighted by atomic mass is 9.99. The van der Waals surface area contributed by atoms with Crippen LogP contribution in [0.4, 0.5) is 0 Å². The minimum Gasteiger partial charge on any atom is -0.507 e. The van der Waals surface area contributed by atoms with E-state index in [2.05, 4.69) is 20.8 Å². The van der Waals surface area contributed by atoms with Crippen LogP contribution in [-0.4, -0.2) is 32.2 Å². The summed E-state index contributed by atoms with van der Waals surface area (Å²) in [5, 5.41) is 10.5. The number of thioether (sulfide) groups is 1. The maximum absolute atomic E-state index is 10.4. The van der Waals surface area contributed by atoms with Gasteiger partial charge in [-0.1, -0.05) is 20.8 Å². The highest BCUT2D eigenvalue weighted by atomic mass is 32.2. The Bertz CT molecular complexity index is 446. The first-order valence-electron chi connectivity index (χ1n) is 6.65. The quantitative estimate of drug-likeness (QED) is 0.828. The summed E-state index contributed by atoms with van der Waals surface area (Å²) in [7, 11) is 4.68. The smallest absolute Gasteiger partial charge is 0.203 e. The zero-order chi connectivity index (χ0) is 15.3. The molecule has 0 fully saturated rings. The van der Waals surface area contributed by atoms with E-state index < -0.39 is 0 Å². The lowest BCUT2D eigenvalue weighted by Crippen LogP contribution is -2.07. The number of benzene rings is 1. The normalized spacial score (nSPS) is 12.3. The van der Waals surface area contributed by atoms with Gasteiger partial charge in [0.1, 0.15) is 5.75 Å². The van der Waals surface area contributed by atoms with Crippen LogP contribution in [0.25, 0.3) is 0 Å². The van der Waals surface area contributed by atoms with Crippen LogP contribution >= 0.6 is 11.8 Å². The van der Waals surface area contributed by atoms with Crippen LogP contribution in [0.15, 0.2) is 6.07 Å². The first-order chi connectivity index (χ1) is 9.51. The van der Waals surface area contributed by atoms with Gasteiger partial charge in [-0.15, -0.1) is 0 Å². The second-order valence-corrected chi connectivity index (χ2v) is 6.12. The van der Waals surface area contributed by atoms with Crippen molar-refractivity contribution in [2.24, 2.45) is 5.92 Å². The van der Waals surface area contributed by atoms with E-state index in [1.807, 2.05) is 0 Å². The largest absolute Gasteiger partial charge is 0.507 e. The highest BCUT2D eigenvalue weighted by molar-refractivity contribution is 7.99. The highest BCUT2D eigenvalue weighted by Crippen LogP contribution is 2.52. The van der Waals surface area contributed by atoms with E-state index in [1.165, 1.54) is 7.11 Å². The number of rotatable bonds is 7. The van der Waals surface area contributed by atoms with E-state index in [1.54, 1.807) is 32.0 Å². The Labute approximate surface area is 125 Å². The molecule has 0 aliphatic heterocycles. The van der Waals surface area contributed by atoms with Crippen molar-refractivity contribution < 1.29 is 19.3 Å². The molecule has 0 aliphatic rings. The molecule has 0 spiro atoms. The molecule has 1 aromatic carbocycles. The van der Waals surface area contributed by atoms with Gasteiger partial charge in [0.25, 0.3) is 0 Å². The highest BCUT2D eigenvalue weighted by Gasteiger charge is 2.28. The molecular formula is C15H24O4S. The van der Waals surface area contributed by atoms with Crippen molar-refractivity contribution in [2.45, 2.75) is 26.0 Å². The van der Waals surface area contributed by atoms with Crippen LogP contribution in [0.2, 0.25) is 0 Å². The molecule has 114 valence electrons. The molecule has 1 atom stereocenters. The second-order valence-electron chi connectivity index (χ2n) is 4.70. The molecule has 1 unspecified atom stereocenters. The molecule has 0 saturated carbocycles. The van der Waals surface area contributed by atoms with Crippen LogP contribution in [0.3, 0.4) is 0 Å². The third-order valence-corrected chi connectivity index (χ3v) is 4.56. The second kappa shape index (κ2) is 7.53. The van der Waals surface area contributed by atoms with E-state index in [0.717, 1.165) is 11.3 Å². The lowest BCUT2D eigenvalue weighted by molar-refractivity contribution is 0.315. The molecule has 1 N–H and O–H groups in total. The average molecular weight is 300 g/mol. The van der Waals surface area contributed by atoms with Gasteiger partial charge < -0.3 is 19.3 Å². The van der Waals surface area contributed by atoms with Crippen molar-refractivity contribution in [3.8, 4) is 23.0 Å². The zero-order valence-corrected chi connectivity index (χ0v) is 13.8. The van der Waals surface area contributed by atoms with E-state index in [0.29, 0.717) is 23.2 Å². The van der Waals surface area contributed by atoms with Gasteiger partial charge in [-0.25, -0.2) is 0 Å². The van der Waals surface area contributed by atoms with Gasteiger partial charge in [-0.3, -0.25) is 0 Å². The first kappa shape index (κ1) is 16.8. The summed E-state index contributed by atoms with van der Waals surface area (Å²) in [4.78, 5) is 0. The number of phenols is 1. The van der Waals surface area contributed by atoms with Crippen LogP contribution in [0.5, 0.6) is 23.0 Å². The summed E-state index contributed by atoms with van der Waals surface area (Å²) in [6.07, 6.45) is 0. The van der Waals surface area contributed by atoms with E-state index >= 15 is 0 Å². The molecule has 0 amide bonds. The van der Waals surface area contributed by atoms with Crippen molar-refractivity contribution in [3.05, 3.63) is 11.6 Å². The Morgan fingerprint density at radius 3 is 2.10 bits per heavy atom. The maximum Gasteiger partial charge on any atom is 0.203 e. The van der Waals surface area contributed by atoms with Crippen molar-refractivity contribution >= 4 is 11.8 Å². The molecule has 1 rings (SSSR count). The molecule has 0 aliphatic carbocycles. The molecule has 0 heterocycles. The fourth-order valence-corrected chi connectivity index (χ4v) is 3.37. The molecule has 1 aromatic rings. The summed E-state index contributed by atoms with van der Waals surface area (Å²) >= 11 is 1.78. The molecular weight excluding hydrogens is 276 g/mol. The predicted octanol–water partition coefficient (Wildman–Crippen LogP) is 3.87. The Balaban J connectivity index is 3.51. The van der Waals surface area contributed by atoms with Crippen LogP contribution in [0.1, 0.15) is 31.6 Å². The Kier molecular flexibility index (Phi) is 6.33. The number of hydrogen-bond acceptors (Lipinski definition) is 5. The molecule has 0 radical (unpaired) electrons. The minimum atomic E-state index is 0.134. The van der Waals surface area contributed by atoms with Gasteiger partial charge in [0.2, 0.25) is 5.75 Å². The maximum atomic E-state index is 10.4. The van der Waals surface area contributed by atoms with Crippen molar-refractivity contribution in [1.29, 1.82) is 0 Å². The summed E-state index contributed by atoms with van der Waals surface area (Å²) in [6.45, 7) is 6.36. The van der Waals surface area contributed by atoms with Crippen LogP contribution in [0, 0.1) is 5.92 Å². The number of ether oxygens (including phenoxy) is 3. The minimum absolute atomic E-state index is 0.134. The molecule has 20 heavy (non-hydrogen) atoms. The fraction of sp³-hybridized carbons (Fsp3) is 0.600. The van der Waals surface area contributed by atoms with Crippen molar-refractivity contribution in [1.82, 2.24) is 0 Å². The monoisotopic (exact) mass is 300 g/mol. The van der Waals surface area contributed by atoms with Crippen LogP contribution in [-0.2, 0) is 0 Å². The third-order valence-electron chi connectivity index (χ3n) is 3.08. The Morgan fingerprint density at radius 2 is 1.70 bits per heavy atom.